The Kier molecular flexibility index (Phi) is 1.39. The number of nitrogens with one attached hydrogen (secondary N) is 1. The first kappa shape index (κ1) is 7.56. The van der Waals surface area contributed by atoms with Crippen LogP contribution in [0.4, 0.5) is 5.69 Å². The summed E-state index contributed by atoms with van der Waals surface area (Å²) in [5, 5.41) is 5.40. The van der Waals surface area contributed by atoms with E-state index in [4.69, 9.17) is 0 Å². The van der Waals surface area contributed by atoms with Crippen LogP contribution in [0.2, 0.25) is 0 Å². The van der Waals surface area contributed by atoms with Crippen LogP contribution < -0.4 is 5.32 Å². The van der Waals surface area contributed by atoms with Gasteiger partial charge >= 0.3 is 0 Å². The molecule has 0 atom stereocenters. The molecule has 0 saturated heterocycles. The Morgan fingerprint density at radius 1 is 1.07 bits per heavy atom. The minimum atomic E-state index is 0.186. The average Bonchev–Trinajstić information content (AvgIpc) is 2.57. The largest absolute Gasteiger partial charge is 0.377 e. The number of carbonyl (C=O) groups excluding carboxylic acids is 1. The maximum absolute atomic E-state index is 11.4. The molecule has 2 nitrogen and oxygen atoms in total. The van der Waals surface area contributed by atoms with Crippen molar-refractivity contribution < 1.29 is 4.79 Å². The molecule has 0 fully saturated rings. The van der Waals surface area contributed by atoms with Crippen molar-refractivity contribution in [2.75, 3.05) is 11.9 Å². The first-order chi connectivity index (χ1) is 6.84. The highest BCUT2D eigenvalue weighted by Crippen LogP contribution is 2.27. The molecule has 0 amide bonds. The van der Waals surface area contributed by atoms with Gasteiger partial charge in [0.1, 0.15) is 0 Å². The Morgan fingerprint density at radius 3 is 2.57 bits per heavy atom. The minimum Gasteiger partial charge on any atom is -0.377 e. The highest BCUT2D eigenvalue weighted by Gasteiger charge is 2.18. The maximum Gasteiger partial charge on any atom is 0.183 e. The lowest BCUT2D eigenvalue weighted by Gasteiger charge is -2.01. The van der Waals surface area contributed by atoms with E-state index in [0.717, 1.165) is 16.6 Å². The lowest BCUT2D eigenvalue weighted by Crippen LogP contribution is -2.00. The molecule has 3 rings (SSSR count). The van der Waals surface area contributed by atoms with Crippen LogP contribution in [0, 0.1) is 0 Å². The van der Waals surface area contributed by atoms with Gasteiger partial charge in [-0.1, -0.05) is 24.3 Å². The van der Waals surface area contributed by atoms with E-state index in [2.05, 4.69) is 11.4 Å². The van der Waals surface area contributed by atoms with Gasteiger partial charge in [0.05, 0.1) is 6.54 Å². The van der Waals surface area contributed by atoms with Crippen LogP contribution in [0.5, 0.6) is 0 Å². The van der Waals surface area contributed by atoms with Crippen LogP contribution in [0.3, 0.4) is 0 Å². The Balaban J connectivity index is 2.38. The second-order valence-electron chi connectivity index (χ2n) is 3.52. The third kappa shape index (κ3) is 0.940. The third-order valence-electron chi connectivity index (χ3n) is 2.63. The summed E-state index contributed by atoms with van der Waals surface area (Å²) in [6.45, 7) is 0.436. The van der Waals surface area contributed by atoms with E-state index in [1.165, 1.54) is 5.39 Å². The van der Waals surface area contributed by atoms with Gasteiger partial charge in [0.2, 0.25) is 0 Å². The highest BCUT2D eigenvalue weighted by atomic mass is 16.1. The van der Waals surface area contributed by atoms with E-state index in [-0.39, 0.29) is 5.78 Å². The maximum atomic E-state index is 11.4. The van der Waals surface area contributed by atoms with Crippen LogP contribution >= 0.6 is 0 Å². The van der Waals surface area contributed by atoms with Crippen molar-refractivity contribution in [2.45, 2.75) is 0 Å². The van der Waals surface area contributed by atoms with Gasteiger partial charge in [0.15, 0.2) is 5.78 Å². The number of anilines is 1. The first-order valence-corrected chi connectivity index (χ1v) is 4.64. The summed E-state index contributed by atoms with van der Waals surface area (Å²) in [5.41, 5.74) is 1.79. The fourth-order valence-electron chi connectivity index (χ4n) is 1.89. The van der Waals surface area contributed by atoms with Gasteiger partial charge in [0, 0.05) is 11.3 Å². The number of hydrogen-bond acceptors (Lipinski definition) is 2. The molecule has 0 aliphatic carbocycles. The van der Waals surface area contributed by atoms with Gasteiger partial charge < -0.3 is 5.32 Å². The summed E-state index contributed by atoms with van der Waals surface area (Å²) in [4.78, 5) is 11.4. The molecule has 1 heterocycles. The average molecular weight is 183 g/mol. The molecule has 2 heteroatoms. The molecule has 1 N–H and O–H groups in total. The third-order valence-corrected chi connectivity index (χ3v) is 2.63. The number of fused-ring (bicyclic) bond motifs is 2. The Hall–Kier alpha value is -1.83. The predicted molar refractivity (Wildman–Crippen MR) is 56.8 cm³/mol. The molecule has 1 aliphatic rings. The Labute approximate surface area is 81.5 Å². The normalized spacial score (nSPS) is 14.1. The van der Waals surface area contributed by atoms with E-state index in [9.17, 15) is 4.79 Å². The van der Waals surface area contributed by atoms with Crippen molar-refractivity contribution in [3.63, 3.8) is 0 Å². The molecule has 0 aromatic heterocycles. The lowest BCUT2D eigenvalue weighted by atomic mass is 10.0. The number of benzene rings is 2. The number of carbonyl (C=O) groups is 1. The summed E-state index contributed by atoms with van der Waals surface area (Å²) in [6, 6.07) is 12.1. The van der Waals surface area contributed by atoms with E-state index in [0.29, 0.717) is 6.54 Å². The summed E-state index contributed by atoms with van der Waals surface area (Å²) in [5.74, 6) is 0.186. The van der Waals surface area contributed by atoms with E-state index in [1.807, 2.05) is 30.3 Å². The molecular weight excluding hydrogens is 174 g/mol. The number of hydrogen-bond donors (Lipinski definition) is 1. The summed E-state index contributed by atoms with van der Waals surface area (Å²) >= 11 is 0. The van der Waals surface area contributed by atoms with Gasteiger partial charge in [-0.05, 0) is 22.9 Å². The van der Waals surface area contributed by atoms with E-state index >= 15 is 0 Å². The fourth-order valence-corrected chi connectivity index (χ4v) is 1.89. The zero-order chi connectivity index (χ0) is 9.54. The van der Waals surface area contributed by atoms with Gasteiger partial charge in [-0.25, -0.2) is 0 Å². The molecule has 14 heavy (non-hydrogen) atoms. The molecule has 0 unspecified atom stereocenters. The Bertz CT molecular complexity index is 531. The fraction of sp³-hybridized carbons (Fsp3) is 0.0833. The monoisotopic (exact) mass is 183 g/mol. The van der Waals surface area contributed by atoms with Gasteiger partial charge in [-0.2, -0.15) is 0 Å². The Morgan fingerprint density at radius 2 is 1.79 bits per heavy atom. The van der Waals surface area contributed by atoms with Crippen LogP contribution in [-0.2, 0) is 0 Å². The van der Waals surface area contributed by atoms with Crippen LogP contribution in [0.1, 0.15) is 10.4 Å². The first-order valence-electron chi connectivity index (χ1n) is 4.64. The summed E-state index contributed by atoms with van der Waals surface area (Å²) < 4.78 is 0. The topological polar surface area (TPSA) is 29.1 Å². The molecule has 68 valence electrons. The van der Waals surface area contributed by atoms with Crippen LogP contribution in [-0.4, -0.2) is 12.3 Å². The quantitative estimate of drug-likeness (QED) is 0.679. The van der Waals surface area contributed by atoms with Crippen molar-refractivity contribution in [3.8, 4) is 0 Å². The minimum absolute atomic E-state index is 0.186. The molecular formula is C12H9NO. The van der Waals surface area contributed by atoms with Crippen molar-refractivity contribution in [2.24, 2.45) is 0 Å². The smallest absolute Gasteiger partial charge is 0.183 e. The number of Topliss-reactive ketones (excluding diaryl/α,β-unsaturated/α-hetero) is 1. The zero-order valence-corrected chi connectivity index (χ0v) is 7.58. The molecule has 1 aliphatic heterocycles. The predicted octanol–water partition coefficient (Wildman–Crippen LogP) is 2.45. The lowest BCUT2D eigenvalue weighted by molar-refractivity contribution is 0.101. The zero-order valence-electron chi connectivity index (χ0n) is 7.58. The van der Waals surface area contributed by atoms with Crippen LogP contribution in [0.15, 0.2) is 36.4 Å². The molecule has 2 aromatic carbocycles. The summed E-state index contributed by atoms with van der Waals surface area (Å²) in [6.07, 6.45) is 0. The molecule has 2 aromatic rings. The molecule has 0 spiro atoms. The van der Waals surface area contributed by atoms with Crippen LogP contribution in [0.25, 0.3) is 10.8 Å². The second kappa shape index (κ2) is 2.58. The molecule has 0 bridgehead atoms. The van der Waals surface area contributed by atoms with Gasteiger partial charge in [-0.15, -0.1) is 0 Å². The highest BCUT2D eigenvalue weighted by molar-refractivity contribution is 6.11. The van der Waals surface area contributed by atoms with Crippen molar-refractivity contribution in [3.05, 3.63) is 42.0 Å². The van der Waals surface area contributed by atoms with Crippen molar-refractivity contribution in [1.82, 2.24) is 0 Å². The second-order valence-corrected chi connectivity index (χ2v) is 3.52. The SMILES string of the molecule is O=C1CNc2cc3ccccc3cc21. The van der Waals surface area contributed by atoms with E-state index in [1.54, 1.807) is 0 Å². The van der Waals surface area contributed by atoms with Crippen molar-refractivity contribution in [1.29, 1.82) is 0 Å². The summed E-state index contributed by atoms with van der Waals surface area (Å²) in [7, 11) is 0. The molecule has 0 radical (unpaired) electrons. The van der Waals surface area contributed by atoms with Gasteiger partial charge in [-0.3, -0.25) is 4.79 Å². The molecule has 0 saturated carbocycles. The van der Waals surface area contributed by atoms with Crippen molar-refractivity contribution >= 4 is 22.2 Å². The number of ketones is 1. The van der Waals surface area contributed by atoms with E-state index < -0.39 is 0 Å². The van der Waals surface area contributed by atoms with Gasteiger partial charge in [0.25, 0.3) is 0 Å². The standard InChI is InChI=1S/C12H9NO/c14-12-7-13-11-6-9-4-2-1-3-8(9)5-10(11)12/h1-6,13H,7H2. The number of rotatable bonds is 0.